The molecule has 2 aromatic rings. The molecule has 1 aliphatic heterocycles. The second-order valence-electron chi connectivity index (χ2n) is 9.88. The van der Waals surface area contributed by atoms with E-state index in [4.69, 9.17) is 16.3 Å². The zero-order chi connectivity index (χ0) is 24.4. The second kappa shape index (κ2) is 10.2. The Morgan fingerprint density at radius 2 is 1.58 bits per heavy atom. The number of rotatable bonds is 5. The van der Waals surface area contributed by atoms with Crippen LogP contribution >= 0.6 is 11.6 Å². The SMILES string of the molecule is Cc1cc(C(C)(C)C)cc(C)c1COC(=O)c1ccc(Cl)c(S(=O)(=O)N2CCCCCC2)c1. The first kappa shape index (κ1) is 25.7. The smallest absolute Gasteiger partial charge is 0.338 e. The van der Waals surface area contributed by atoms with Crippen molar-refractivity contribution in [2.24, 2.45) is 0 Å². The fraction of sp³-hybridized carbons (Fsp3) is 0.500. The molecular formula is C26H34ClNO4S. The number of sulfonamides is 1. The Balaban J connectivity index is 1.80. The topological polar surface area (TPSA) is 63.7 Å². The third-order valence-electron chi connectivity index (χ3n) is 6.26. The summed E-state index contributed by atoms with van der Waals surface area (Å²) in [6, 6.07) is 8.56. The summed E-state index contributed by atoms with van der Waals surface area (Å²) in [6.45, 7) is 11.6. The molecule has 1 saturated heterocycles. The first-order valence-electron chi connectivity index (χ1n) is 11.5. The Hall–Kier alpha value is -1.89. The Kier molecular flexibility index (Phi) is 7.92. The zero-order valence-electron chi connectivity index (χ0n) is 20.2. The van der Waals surface area contributed by atoms with E-state index in [0.29, 0.717) is 13.1 Å². The quantitative estimate of drug-likeness (QED) is 0.469. The summed E-state index contributed by atoms with van der Waals surface area (Å²) in [5, 5.41) is 0.111. The number of hydrogen-bond donors (Lipinski definition) is 0. The molecule has 2 aromatic carbocycles. The molecule has 1 aliphatic rings. The van der Waals surface area contributed by atoms with Crippen LogP contribution < -0.4 is 0 Å². The molecule has 0 unspecified atom stereocenters. The van der Waals surface area contributed by atoms with E-state index in [1.807, 2.05) is 13.8 Å². The Morgan fingerprint density at radius 3 is 2.12 bits per heavy atom. The fourth-order valence-electron chi connectivity index (χ4n) is 4.12. The molecule has 5 nitrogen and oxygen atoms in total. The molecule has 0 N–H and O–H groups in total. The van der Waals surface area contributed by atoms with Gasteiger partial charge in [0.2, 0.25) is 10.0 Å². The maximum Gasteiger partial charge on any atom is 0.338 e. The number of ether oxygens (including phenoxy) is 1. The highest BCUT2D eigenvalue weighted by molar-refractivity contribution is 7.89. The molecule has 1 heterocycles. The van der Waals surface area contributed by atoms with Gasteiger partial charge in [-0.1, -0.05) is 57.3 Å². The van der Waals surface area contributed by atoms with Gasteiger partial charge in [0.15, 0.2) is 0 Å². The lowest BCUT2D eigenvalue weighted by Crippen LogP contribution is -2.32. The van der Waals surface area contributed by atoms with Crippen LogP contribution in [0.15, 0.2) is 35.2 Å². The van der Waals surface area contributed by atoms with Crippen molar-refractivity contribution < 1.29 is 17.9 Å². The fourth-order valence-corrected chi connectivity index (χ4v) is 6.14. The highest BCUT2D eigenvalue weighted by Crippen LogP contribution is 2.29. The molecule has 0 aromatic heterocycles. The van der Waals surface area contributed by atoms with Crippen LogP contribution in [0.1, 0.15) is 79.1 Å². The van der Waals surface area contributed by atoms with Crippen molar-refractivity contribution in [2.75, 3.05) is 13.1 Å². The van der Waals surface area contributed by atoms with Crippen LogP contribution in [0.3, 0.4) is 0 Å². The molecule has 7 heteroatoms. The normalized spacial score (nSPS) is 15.8. The van der Waals surface area contributed by atoms with Crippen LogP contribution in [0.25, 0.3) is 0 Å². The summed E-state index contributed by atoms with van der Waals surface area (Å²) in [5.41, 5.74) is 4.52. The third-order valence-corrected chi connectivity index (χ3v) is 8.64. The van der Waals surface area contributed by atoms with Gasteiger partial charge in [0.25, 0.3) is 0 Å². The van der Waals surface area contributed by atoms with Gasteiger partial charge in [-0.05, 0) is 72.6 Å². The third kappa shape index (κ3) is 5.97. The number of nitrogens with zero attached hydrogens (tertiary/aromatic N) is 1. The molecule has 0 radical (unpaired) electrons. The largest absolute Gasteiger partial charge is 0.457 e. The minimum atomic E-state index is -3.78. The molecule has 33 heavy (non-hydrogen) atoms. The highest BCUT2D eigenvalue weighted by atomic mass is 35.5. The van der Waals surface area contributed by atoms with Crippen LogP contribution in [0, 0.1) is 13.8 Å². The highest BCUT2D eigenvalue weighted by Gasteiger charge is 2.28. The number of halogens is 1. The van der Waals surface area contributed by atoms with Crippen molar-refractivity contribution in [1.29, 1.82) is 0 Å². The van der Waals surface area contributed by atoms with Crippen molar-refractivity contribution in [3.05, 3.63) is 63.2 Å². The van der Waals surface area contributed by atoms with E-state index in [0.717, 1.165) is 42.4 Å². The summed E-state index contributed by atoms with van der Waals surface area (Å²) in [7, 11) is -3.78. The van der Waals surface area contributed by atoms with Crippen molar-refractivity contribution in [3.8, 4) is 0 Å². The summed E-state index contributed by atoms with van der Waals surface area (Å²) in [6.07, 6.45) is 3.68. The van der Waals surface area contributed by atoms with Gasteiger partial charge in [0.05, 0.1) is 10.6 Å². The lowest BCUT2D eigenvalue weighted by molar-refractivity contribution is 0.0471. The van der Waals surface area contributed by atoms with E-state index < -0.39 is 16.0 Å². The van der Waals surface area contributed by atoms with Crippen molar-refractivity contribution >= 4 is 27.6 Å². The molecule has 0 spiro atoms. The van der Waals surface area contributed by atoms with Gasteiger partial charge in [-0.2, -0.15) is 4.31 Å². The first-order valence-corrected chi connectivity index (χ1v) is 13.3. The van der Waals surface area contributed by atoms with Gasteiger partial charge < -0.3 is 4.74 Å². The monoisotopic (exact) mass is 491 g/mol. The van der Waals surface area contributed by atoms with E-state index in [2.05, 4.69) is 32.9 Å². The van der Waals surface area contributed by atoms with Crippen LogP contribution in [0.2, 0.25) is 5.02 Å². The predicted molar refractivity (Wildman–Crippen MR) is 132 cm³/mol. The number of hydrogen-bond acceptors (Lipinski definition) is 4. The second-order valence-corrected chi connectivity index (χ2v) is 12.2. The Labute approximate surface area is 203 Å². The van der Waals surface area contributed by atoms with Gasteiger partial charge in [-0.3, -0.25) is 0 Å². The molecule has 1 fully saturated rings. The van der Waals surface area contributed by atoms with Crippen LogP contribution in [0.5, 0.6) is 0 Å². The van der Waals surface area contributed by atoms with Gasteiger partial charge in [0, 0.05) is 13.1 Å². The molecule has 0 aliphatic carbocycles. The molecule has 0 amide bonds. The summed E-state index contributed by atoms with van der Waals surface area (Å²) < 4.78 is 33.5. The molecule has 0 bridgehead atoms. The van der Waals surface area contributed by atoms with E-state index in [1.54, 1.807) is 0 Å². The predicted octanol–water partition coefficient (Wildman–Crippen LogP) is 6.18. The summed E-state index contributed by atoms with van der Waals surface area (Å²) in [4.78, 5) is 12.8. The van der Waals surface area contributed by atoms with Gasteiger partial charge in [-0.25, -0.2) is 13.2 Å². The van der Waals surface area contributed by atoms with Crippen LogP contribution in [-0.4, -0.2) is 31.8 Å². The molecule has 0 saturated carbocycles. The molecular weight excluding hydrogens is 458 g/mol. The summed E-state index contributed by atoms with van der Waals surface area (Å²) in [5.74, 6) is -0.572. The van der Waals surface area contributed by atoms with E-state index in [-0.39, 0.29) is 27.5 Å². The molecule has 180 valence electrons. The number of esters is 1. The summed E-state index contributed by atoms with van der Waals surface area (Å²) >= 11 is 6.25. The van der Waals surface area contributed by atoms with Gasteiger partial charge >= 0.3 is 5.97 Å². The van der Waals surface area contributed by atoms with Crippen molar-refractivity contribution in [2.45, 2.75) is 77.2 Å². The Bertz CT molecular complexity index is 1100. The first-order chi connectivity index (χ1) is 15.4. The molecule has 3 rings (SSSR count). The minimum absolute atomic E-state index is 0.0310. The zero-order valence-corrected chi connectivity index (χ0v) is 21.8. The molecule has 0 atom stereocenters. The van der Waals surface area contributed by atoms with Crippen molar-refractivity contribution in [3.63, 3.8) is 0 Å². The van der Waals surface area contributed by atoms with E-state index >= 15 is 0 Å². The maximum atomic E-state index is 13.2. The van der Waals surface area contributed by atoms with Crippen molar-refractivity contribution in [1.82, 2.24) is 4.31 Å². The standard InChI is InChI=1S/C26H34ClNO4S/c1-18-14-21(26(3,4)5)15-19(2)22(18)17-32-25(29)20-10-11-23(27)24(16-20)33(30,31)28-12-8-6-7-9-13-28/h10-11,14-16H,6-9,12-13,17H2,1-5H3. The van der Waals surface area contributed by atoms with Crippen LogP contribution in [0.4, 0.5) is 0 Å². The van der Waals surface area contributed by atoms with Gasteiger partial charge in [-0.15, -0.1) is 0 Å². The maximum absolute atomic E-state index is 13.2. The minimum Gasteiger partial charge on any atom is -0.457 e. The Morgan fingerprint density at radius 1 is 1.00 bits per heavy atom. The number of aryl methyl sites for hydroxylation is 2. The van der Waals surface area contributed by atoms with E-state index in [9.17, 15) is 13.2 Å². The number of carbonyl (C=O) groups is 1. The van der Waals surface area contributed by atoms with Gasteiger partial charge in [0.1, 0.15) is 11.5 Å². The average molecular weight is 492 g/mol. The lowest BCUT2D eigenvalue weighted by atomic mass is 9.84. The number of carbonyl (C=O) groups excluding carboxylic acids is 1. The van der Waals surface area contributed by atoms with Crippen LogP contribution in [-0.2, 0) is 26.8 Å². The lowest BCUT2D eigenvalue weighted by Gasteiger charge is -2.22. The average Bonchev–Trinajstić information content (AvgIpc) is 3.02. The number of benzene rings is 2. The van der Waals surface area contributed by atoms with E-state index in [1.165, 1.54) is 28.1 Å².